The lowest BCUT2D eigenvalue weighted by atomic mass is 10.0. The molecule has 0 radical (unpaired) electrons. The SMILES string of the molecule is C[C@@H]1O[C@@H](C=C=CBr)C[C@H]2O[C@@H](C[C@H]2Cl)[C@@H](Br)C[C@@H](Br)[C@@H]1O. The number of halogens is 4. The molecule has 0 amide bonds. The van der Waals surface area contributed by atoms with Crippen LogP contribution in [-0.4, -0.2) is 50.7 Å². The van der Waals surface area contributed by atoms with Crippen molar-refractivity contribution in [2.24, 2.45) is 0 Å². The van der Waals surface area contributed by atoms with Crippen LogP contribution in [0, 0.1) is 0 Å². The molecule has 22 heavy (non-hydrogen) atoms. The van der Waals surface area contributed by atoms with Crippen LogP contribution in [-0.2, 0) is 9.47 Å². The molecule has 2 rings (SSSR count). The number of aliphatic hydroxyl groups is 1. The summed E-state index contributed by atoms with van der Waals surface area (Å²) in [6, 6.07) is 0. The van der Waals surface area contributed by atoms with Gasteiger partial charge in [-0.05, 0) is 25.8 Å². The van der Waals surface area contributed by atoms with Crippen molar-refractivity contribution in [2.75, 3.05) is 0 Å². The summed E-state index contributed by atoms with van der Waals surface area (Å²) in [6.45, 7) is 1.88. The molecular weight excluding hydrogens is 503 g/mol. The smallest absolute Gasteiger partial charge is 0.0924 e. The number of rotatable bonds is 1. The van der Waals surface area contributed by atoms with E-state index in [-0.39, 0.29) is 39.4 Å². The van der Waals surface area contributed by atoms with E-state index in [0.717, 1.165) is 12.8 Å². The molecule has 2 fully saturated rings. The summed E-state index contributed by atoms with van der Waals surface area (Å²) in [5.74, 6) is 0. The fourth-order valence-corrected chi connectivity index (χ4v) is 5.44. The van der Waals surface area contributed by atoms with Crippen molar-refractivity contribution in [1.29, 1.82) is 0 Å². The van der Waals surface area contributed by atoms with Gasteiger partial charge in [0, 0.05) is 21.1 Å². The molecule has 3 nitrogen and oxygen atoms in total. The van der Waals surface area contributed by atoms with Crippen molar-refractivity contribution in [1.82, 2.24) is 0 Å². The molecule has 7 heteroatoms. The predicted molar refractivity (Wildman–Crippen MR) is 99.5 cm³/mol. The van der Waals surface area contributed by atoms with Crippen molar-refractivity contribution in [3.05, 3.63) is 16.8 Å². The second kappa shape index (κ2) is 9.00. The van der Waals surface area contributed by atoms with Gasteiger partial charge in [-0.2, -0.15) is 0 Å². The highest BCUT2D eigenvalue weighted by atomic mass is 79.9. The van der Waals surface area contributed by atoms with E-state index in [0.29, 0.717) is 6.42 Å². The molecule has 0 saturated carbocycles. The van der Waals surface area contributed by atoms with Gasteiger partial charge in [-0.25, -0.2) is 0 Å². The van der Waals surface area contributed by atoms with Gasteiger partial charge >= 0.3 is 0 Å². The Morgan fingerprint density at radius 1 is 1.14 bits per heavy atom. The molecule has 1 N–H and O–H groups in total. The van der Waals surface area contributed by atoms with Crippen LogP contribution in [0.2, 0.25) is 0 Å². The highest BCUT2D eigenvalue weighted by Gasteiger charge is 2.41. The fraction of sp³-hybridized carbons (Fsp3) is 0.800. The Labute approximate surface area is 161 Å². The number of alkyl halides is 3. The van der Waals surface area contributed by atoms with Crippen LogP contribution in [0.25, 0.3) is 0 Å². The molecule has 0 spiro atoms. The Bertz CT molecular complexity index is 430. The number of fused-ring (bicyclic) bond motifs is 2. The molecule has 2 aliphatic rings. The van der Waals surface area contributed by atoms with Crippen molar-refractivity contribution < 1.29 is 14.6 Å². The van der Waals surface area contributed by atoms with E-state index in [4.69, 9.17) is 21.1 Å². The summed E-state index contributed by atoms with van der Waals surface area (Å²) in [6.07, 6.45) is 2.96. The molecule has 8 atom stereocenters. The predicted octanol–water partition coefficient (Wildman–Crippen LogP) is 4.27. The van der Waals surface area contributed by atoms with Crippen molar-refractivity contribution in [3.8, 4) is 0 Å². The summed E-state index contributed by atoms with van der Waals surface area (Å²) in [5, 5.41) is 10.4. The van der Waals surface area contributed by atoms with Gasteiger partial charge in [0.25, 0.3) is 0 Å². The molecule has 0 aromatic rings. The van der Waals surface area contributed by atoms with Crippen LogP contribution in [0.3, 0.4) is 0 Å². The average molecular weight is 523 g/mol. The lowest BCUT2D eigenvalue weighted by molar-refractivity contribution is -0.0639. The number of aliphatic hydroxyl groups excluding tert-OH is 1. The van der Waals surface area contributed by atoms with E-state index in [1.807, 2.05) is 13.0 Å². The molecule has 2 bridgehead atoms. The van der Waals surface area contributed by atoms with Gasteiger partial charge in [0.05, 0.1) is 35.9 Å². The zero-order chi connectivity index (χ0) is 16.3. The van der Waals surface area contributed by atoms with Crippen LogP contribution in [0.5, 0.6) is 0 Å². The largest absolute Gasteiger partial charge is 0.389 e. The quantitative estimate of drug-likeness (QED) is 0.412. The van der Waals surface area contributed by atoms with Gasteiger partial charge in [0.2, 0.25) is 0 Å². The molecule has 0 unspecified atom stereocenters. The maximum Gasteiger partial charge on any atom is 0.0924 e. The molecule has 0 aromatic carbocycles. The third-order valence-corrected chi connectivity index (χ3v) is 6.72. The highest BCUT2D eigenvalue weighted by molar-refractivity contribution is 9.11. The molecule has 2 saturated heterocycles. The monoisotopic (exact) mass is 520 g/mol. The van der Waals surface area contributed by atoms with E-state index in [9.17, 15) is 5.11 Å². The summed E-state index contributed by atoms with van der Waals surface area (Å²) in [5.41, 5.74) is 2.99. The minimum atomic E-state index is -0.590. The van der Waals surface area contributed by atoms with Gasteiger partial charge in [0.15, 0.2) is 0 Å². The Morgan fingerprint density at radius 2 is 1.86 bits per heavy atom. The lowest BCUT2D eigenvalue weighted by Gasteiger charge is -2.28. The summed E-state index contributed by atoms with van der Waals surface area (Å²) in [7, 11) is 0. The van der Waals surface area contributed by atoms with E-state index in [1.165, 1.54) is 0 Å². The van der Waals surface area contributed by atoms with Gasteiger partial charge in [-0.3, -0.25) is 0 Å². The van der Waals surface area contributed by atoms with Crippen molar-refractivity contribution in [2.45, 2.75) is 71.7 Å². The first-order chi connectivity index (χ1) is 10.4. The normalized spacial score (nSPS) is 46.5. The number of hydrogen-bond donors (Lipinski definition) is 1. The second-order valence-corrected chi connectivity index (χ2v) is 9.15. The van der Waals surface area contributed by atoms with E-state index in [2.05, 4.69) is 53.5 Å². The summed E-state index contributed by atoms with van der Waals surface area (Å²) in [4.78, 5) is 1.73. The molecule has 126 valence electrons. The minimum absolute atomic E-state index is 0.0223. The maximum atomic E-state index is 10.4. The van der Waals surface area contributed by atoms with E-state index in [1.54, 1.807) is 4.99 Å². The Kier molecular flexibility index (Phi) is 7.96. The minimum Gasteiger partial charge on any atom is -0.389 e. The standard InChI is InChI=1S/C15H20Br3ClO3/c1-8-15(20)11(18)6-10(17)13-7-12(19)14(22-13)5-9(21-8)3-2-4-16/h3-4,8-15,20H,5-7H2,1H3/t2?,8-,9-,10-,11+,12+,13-,14+,15+/m0/s1. The first kappa shape index (κ1) is 19.5. The van der Waals surface area contributed by atoms with Gasteiger partial charge in [-0.1, -0.05) is 47.8 Å². The number of ether oxygens (including phenoxy) is 2. The zero-order valence-corrected chi connectivity index (χ0v) is 17.7. The molecule has 2 heterocycles. The van der Waals surface area contributed by atoms with Gasteiger partial charge < -0.3 is 14.6 Å². The average Bonchev–Trinajstić information content (AvgIpc) is 2.83. The fourth-order valence-electron chi connectivity index (χ4n) is 2.87. The van der Waals surface area contributed by atoms with Gasteiger partial charge in [0.1, 0.15) is 0 Å². The third kappa shape index (κ3) is 5.06. The first-order valence-electron chi connectivity index (χ1n) is 7.34. The second-order valence-electron chi connectivity index (χ2n) is 5.78. The molecule has 2 aliphatic heterocycles. The van der Waals surface area contributed by atoms with E-state index >= 15 is 0 Å². The van der Waals surface area contributed by atoms with Crippen LogP contribution in [0.1, 0.15) is 26.2 Å². The molecular formula is C15H20Br3ClO3. The topological polar surface area (TPSA) is 38.7 Å². The summed E-state index contributed by atoms with van der Waals surface area (Å²) < 4.78 is 12.1. The van der Waals surface area contributed by atoms with Crippen LogP contribution in [0.15, 0.2) is 16.8 Å². The van der Waals surface area contributed by atoms with Crippen LogP contribution < -0.4 is 0 Å². The first-order valence-corrected chi connectivity index (χ1v) is 10.5. The lowest BCUT2D eigenvalue weighted by Crippen LogP contribution is -2.38. The molecule has 0 aromatic heterocycles. The Hall–Kier alpha value is 1.13. The van der Waals surface area contributed by atoms with Crippen molar-refractivity contribution in [3.63, 3.8) is 0 Å². The highest BCUT2D eigenvalue weighted by Crippen LogP contribution is 2.36. The maximum absolute atomic E-state index is 10.4. The number of hydrogen-bond acceptors (Lipinski definition) is 3. The van der Waals surface area contributed by atoms with E-state index < -0.39 is 6.10 Å². The molecule has 0 aliphatic carbocycles. The van der Waals surface area contributed by atoms with Crippen LogP contribution in [0.4, 0.5) is 0 Å². The summed E-state index contributed by atoms with van der Waals surface area (Å²) >= 11 is 16.9. The third-order valence-electron chi connectivity index (χ3n) is 4.11. The Balaban J connectivity index is 2.22. The van der Waals surface area contributed by atoms with Gasteiger partial charge in [-0.15, -0.1) is 17.3 Å². The van der Waals surface area contributed by atoms with Crippen LogP contribution >= 0.6 is 59.4 Å². The zero-order valence-electron chi connectivity index (χ0n) is 12.2. The Morgan fingerprint density at radius 3 is 2.55 bits per heavy atom. The van der Waals surface area contributed by atoms with Crippen molar-refractivity contribution >= 4 is 59.4 Å².